The van der Waals surface area contributed by atoms with Crippen LogP contribution in [0.15, 0.2) is 47.4 Å². The second-order valence-electron chi connectivity index (χ2n) is 4.59. The standard InChI is InChI=1S/C15H14ClNO4S/c1-10-8-12(16)6-7-14(10)22(19,20)17-13-5-3-4-11(9-13)15(18)21-2/h3-9,17H,1-2H3. The summed E-state index contributed by atoms with van der Waals surface area (Å²) in [7, 11) is -2.51. The molecule has 0 fully saturated rings. The third-order valence-electron chi connectivity index (χ3n) is 2.96. The van der Waals surface area contributed by atoms with Gasteiger partial charge in [0, 0.05) is 10.7 Å². The number of halogens is 1. The number of carbonyl (C=O) groups excluding carboxylic acids is 1. The first kappa shape index (κ1) is 16.3. The number of rotatable bonds is 4. The van der Waals surface area contributed by atoms with Crippen LogP contribution in [0.5, 0.6) is 0 Å². The largest absolute Gasteiger partial charge is 0.465 e. The van der Waals surface area contributed by atoms with Crippen LogP contribution in [-0.4, -0.2) is 21.5 Å². The summed E-state index contributed by atoms with van der Waals surface area (Å²) in [5, 5.41) is 0.462. The smallest absolute Gasteiger partial charge is 0.337 e. The number of hydrogen-bond donors (Lipinski definition) is 1. The summed E-state index contributed by atoms with van der Waals surface area (Å²) in [4.78, 5) is 11.6. The molecule has 116 valence electrons. The lowest BCUT2D eigenvalue weighted by Crippen LogP contribution is -2.14. The second kappa shape index (κ2) is 6.37. The summed E-state index contributed by atoms with van der Waals surface area (Å²) in [6.45, 7) is 1.66. The molecule has 0 aromatic heterocycles. The maximum absolute atomic E-state index is 12.4. The van der Waals surface area contributed by atoms with Crippen LogP contribution in [0.2, 0.25) is 5.02 Å². The normalized spacial score (nSPS) is 11.0. The molecule has 0 spiro atoms. The molecule has 0 atom stereocenters. The van der Waals surface area contributed by atoms with E-state index in [1.807, 2.05) is 0 Å². The Morgan fingerprint density at radius 1 is 1.18 bits per heavy atom. The van der Waals surface area contributed by atoms with Crippen molar-refractivity contribution < 1.29 is 17.9 Å². The van der Waals surface area contributed by atoms with Crippen LogP contribution in [0.4, 0.5) is 5.69 Å². The van der Waals surface area contributed by atoms with Gasteiger partial charge in [-0.2, -0.15) is 0 Å². The van der Waals surface area contributed by atoms with Crippen LogP contribution in [0, 0.1) is 6.92 Å². The van der Waals surface area contributed by atoms with E-state index in [4.69, 9.17) is 11.6 Å². The number of esters is 1. The molecule has 0 aliphatic rings. The van der Waals surface area contributed by atoms with Crippen LogP contribution in [0.25, 0.3) is 0 Å². The molecule has 0 aliphatic heterocycles. The van der Waals surface area contributed by atoms with Crippen molar-refractivity contribution in [1.29, 1.82) is 0 Å². The van der Waals surface area contributed by atoms with Crippen molar-refractivity contribution in [3.8, 4) is 0 Å². The summed E-state index contributed by atoms with van der Waals surface area (Å²) in [5.74, 6) is -0.538. The maximum atomic E-state index is 12.4. The van der Waals surface area contributed by atoms with Crippen molar-refractivity contribution >= 4 is 33.3 Å². The Balaban J connectivity index is 2.35. The average Bonchev–Trinajstić information content (AvgIpc) is 2.45. The first-order valence-electron chi connectivity index (χ1n) is 6.31. The van der Waals surface area contributed by atoms with Crippen molar-refractivity contribution in [1.82, 2.24) is 0 Å². The number of nitrogens with one attached hydrogen (secondary N) is 1. The third-order valence-corrected chi connectivity index (χ3v) is 4.74. The fourth-order valence-electron chi connectivity index (χ4n) is 1.95. The van der Waals surface area contributed by atoms with Crippen molar-refractivity contribution in [2.24, 2.45) is 0 Å². The lowest BCUT2D eigenvalue weighted by molar-refractivity contribution is 0.0601. The Bertz CT molecular complexity index is 818. The highest BCUT2D eigenvalue weighted by Crippen LogP contribution is 2.22. The van der Waals surface area contributed by atoms with E-state index in [9.17, 15) is 13.2 Å². The fourth-order valence-corrected chi connectivity index (χ4v) is 3.46. The van der Waals surface area contributed by atoms with E-state index in [-0.39, 0.29) is 16.1 Å². The number of methoxy groups -OCH3 is 1. The predicted molar refractivity (Wildman–Crippen MR) is 84.8 cm³/mol. The minimum atomic E-state index is -3.77. The first-order chi connectivity index (χ1) is 10.3. The van der Waals surface area contributed by atoms with Crippen LogP contribution < -0.4 is 4.72 Å². The number of anilines is 1. The number of sulfonamides is 1. The van der Waals surface area contributed by atoms with Gasteiger partial charge < -0.3 is 4.74 Å². The lowest BCUT2D eigenvalue weighted by atomic mass is 10.2. The summed E-state index contributed by atoms with van der Waals surface area (Å²) in [6.07, 6.45) is 0. The number of carbonyl (C=O) groups is 1. The third kappa shape index (κ3) is 3.58. The molecule has 0 aliphatic carbocycles. The molecule has 2 aromatic carbocycles. The van der Waals surface area contributed by atoms with Gasteiger partial charge >= 0.3 is 5.97 Å². The Kier molecular flexibility index (Phi) is 4.73. The molecule has 7 heteroatoms. The number of hydrogen-bond acceptors (Lipinski definition) is 4. The molecule has 0 heterocycles. The Hall–Kier alpha value is -2.05. The van der Waals surface area contributed by atoms with Crippen molar-refractivity contribution in [3.63, 3.8) is 0 Å². The minimum Gasteiger partial charge on any atom is -0.465 e. The van der Waals surface area contributed by atoms with Gasteiger partial charge in [0.25, 0.3) is 10.0 Å². The zero-order chi connectivity index (χ0) is 16.3. The highest BCUT2D eigenvalue weighted by atomic mass is 35.5. The molecular weight excluding hydrogens is 326 g/mol. The molecule has 0 saturated heterocycles. The lowest BCUT2D eigenvalue weighted by Gasteiger charge is -2.11. The maximum Gasteiger partial charge on any atom is 0.337 e. The van der Waals surface area contributed by atoms with Gasteiger partial charge in [-0.25, -0.2) is 13.2 Å². The molecule has 2 rings (SSSR count). The van der Waals surface area contributed by atoms with Crippen LogP contribution in [0.1, 0.15) is 15.9 Å². The molecule has 0 saturated carbocycles. The monoisotopic (exact) mass is 339 g/mol. The Morgan fingerprint density at radius 2 is 1.91 bits per heavy atom. The van der Waals surface area contributed by atoms with Gasteiger partial charge in [0.1, 0.15) is 0 Å². The predicted octanol–water partition coefficient (Wildman–Crippen LogP) is 3.24. The molecular formula is C15H14ClNO4S. The highest BCUT2D eigenvalue weighted by molar-refractivity contribution is 7.92. The molecule has 0 amide bonds. The minimum absolute atomic E-state index is 0.125. The summed E-state index contributed by atoms with van der Waals surface area (Å²) in [5.41, 5.74) is 1.07. The van der Waals surface area contributed by atoms with E-state index in [1.54, 1.807) is 25.1 Å². The van der Waals surface area contributed by atoms with Gasteiger partial charge in [-0.3, -0.25) is 4.72 Å². The van der Waals surface area contributed by atoms with Crippen molar-refractivity contribution in [2.45, 2.75) is 11.8 Å². The Labute approximate surface area is 133 Å². The van der Waals surface area contributed by atoms with Crippen LogP contribution in [0.3, 0.4) is 0 Å². The average molecular weight is 340 g/mol. The van der Waals surface area contributed by atoms with E-state index in [2.05, 4.69) is 9.46 Å². The van der Waals surface area contributed by atoms with E-state index in [1.165, 1.54) is 31.4 Å². The fraction of sp³-hybridized carbons (Fsp3) is 0.133. The zero-order valence-corrected chi connectivity index (χ0v) is 13.5. The molecule has 0 bridgehead atoms. The summed E-state index contributed by atoms with van der Waals surface area (Å²) in [6, 6.07) is 10.6. The van der Waals surface area contributed by atoms with E-state index >= 15 is 0 Å². The summed E-state index contributed by atoms with van der Waals surface area (Å²) < 4.78 is 31.9. The molecule has 22 heavy (non-hydrogen) atoms. The SMILES string of the molecule is COC(=O)c1cccc(NS(=O)(=O)c2ccc(Cl)cc2C)c1. The molecule has 2 aromatic rings. The van der Waals surface area contributed by atoms with Gasteiger partial charge in [0.2, 0.25) is 0 Å². The number of ether oxygens (including phenoxy) is 1. The van der Waals surface area contributed by atoms with Gasteiger partial charge in [-0.1, -0.05) is 17.7 Å². The molecule has 0 radical (unpaired) electrons. The quantitative estimate of drug-likeness (QED) is 0.868. The van der Waals surface area contributed by atoms with Gasteiger partial charge in [-0.15, -0.1) is 0 Å². The zero-order valence-electron chi connectivity index (χ0n) is 12.0. The molecule has 0 unspecified atom stereocenters. The molecule has 5 nitrogen and oxygen atoms in total. The molecule has 1 N–H and O–H groups in total. The number of benzene rings is 2. The van der Waals surface area contributed by atoms with Crippen molar-refractivity contribution in [2.75, 3.05) is 11.8 Å². The number of aryl methyl sites for hydroxylation is 1. The van der Waals surface area contributed by atoms with Crippen molar-refractivity contribution in [3.05, 3.63) is 58.6 Å². The van der Waals surface area contributed by atoms with E-state index < -0.39 is 16.0 Å². The van der Waals surface area contributed by atoms with Crippen LogP contribution >= 0.6 is 11.6 Å². The van der Waals surface area contributed by atoms with E-state index in [0.29, 0.717) is 10.6 Å². The van der Waals surface area contributed by atoms with Crippen LogP contribution in [-0.2, 0) is 14.8 Å². The topological polar surface area (TPSA) is 72.5 Å². The van der Waals surface area contributed by atoms with Gasteiger partial charge in [0.05, 0.1) is 17.6 Å². The highest BCUT2D eigenvalue weighted by Gasteiger charge is 2.17. The Morgan fingerprint density at radius 3 is 2.55 bits per heavy atom. The van der Waals surface area contributed by atoms with Gasteiger partial charge in [0.15, 0.2) is 0 Å². The second-order valence-corrected chi connectivity index (χ2v) is 6.67. The first-order valence-corrected chi connectivity index (χ1v) is 8.17. The van der Waals surface area contributed by atoms with Gasteiger partial charge in [-0.05, 0) is 48.9 Å². The van der Waals surface area contributed by atoms with E-state index in [0.717, 1.165) is 0 Å². The summed E-state index contributed by atoms with van der Waals surface area (Å²) >= 11 is 5.83.